The van der Waals surface area contributed by atoms with E-state index in [0.717, 1.165) is 28.8 Å². The molecule has 0 radical (unpaired) electrons. The van der Waals surface area contributed by atoms with Gasteiger partial charge in [-0.15, -0.1) is 10.2 Å². The van der Waals surface area contributed by atoms with Crippen LogP contribution in [-0.4, -0.2) is 33.6 Å². The molecule has 0 fully saturated rings. The number of para-hydroxylation sites is 1. The van der Waals surface area contributed by atoms with Gasteiger partial charge in [-0.2, -0.15) is 0 Å². The van der Waals surface area contributed by atoms with E-state index in [-0.39, 0.29) is 11.7 Å². The molecule has 0 spiro atoms. The molecule has 1 aromatic heterocycles. The summed E-state index contributed by atoms with van der Waals surface area (Å²) in [5, 5.41) is 11.7. The van der Waals surface area contributed by atoms with Crippen LogP contribution in [0.3, 0.4) is 0 Å². The van der Waals surface area contributed by atoms with Crippen molar-refractivity contribution < 1.29 is 9.53 Å². The van der Waals surface area contributed by atoms with Crippen molar-refractivity contribution in [2.75, 3.05) is 24.0 Å². The normalized spacial score (nSPS) is 10.7. The average molecular weight is 398 g/mol. The molecule has 2 aromatic carbocycles. The lowest BCUT2D eigenvalue weighted by molar-refractivity contribution is -0.113. The van der Waals surface area contributed by atoms with Gasteiger partial charge in [0.05, 0.1) is 12.9 Å². The molecular formula is C20H23N5O2S. The number of carbonyl (C=O) groups excluding carboxylic acids is 1. The summed E-state index contributed by atoms with van der Waals surface area (Å²) in [6, 6.07) is 13.4. The zero-order valence-corrected chi connectivity index (χ0v) is 16.9. The summed E-state index contributed by atoms with van der Waals surface area (Å²) in [5.41, 5.74) is 3.82. The standard InChI is InChI=1S/C20H23N5O2S/c1-4-14-8-5-7-13(2)18(14)22-17(26)12-28-20-24-23-19(25(20)21)15-9-6-10-16(11-15)27-3/h5-11H,4,12,21H2,1-3H3,(H,22,26). The van der Waals surface area contributed by atoms with Gasteiger partial charge in [0.2, 0.25) is 11.1 Å². The number of nitrogens with two attached hydrogens (primary N) is 1. The smallest absolute Gasteiger partial charge is 0.234 e. The largest absolute Gasteiger partial charge is 0.497 e. The summed E-state index contributed by atoms with van der Waals surface area (Å²) in [6.45, 7) is 4.05. The Hall–Kier alpha value is -3.00. The van der Waals surface area contributed by atoms with Gasteiger partial charge in [-0.05, 0) is 36.6 Å². The number of amides is 1. The van der Waals surface area contributed by atoms with Crippen LogP contribution in [0.1, 0.15) is 18.1 Å². The first-order valence-corrected chi connectivity index (χ1v) is 9.88. The van der Waals surface area contributed by atoms with Crippen LogP contribution in [0.15, 0.2) is 47.6 Å². The maximum Gasteiger partial charge on any atom is 0.234 e. The quantitative estimate of drug-likeness (QED) is 0.469. The summed E-state index contributed by atoms with van der Waals surface area (Å²) in [6.07, 6.45) is 0.853. The Labute approximate surface area is 168 Å². The number of anilines is 1. The van der Waals surface area contributed by atoms with Gasteiger partial charge in [0.1, 0.15) is 5.75 Å². The number of ether oxygens (including phenoxy) is 1. The molecule has 146 valence electrons. The van der Waals surface area contributed by atoms with Gasteiger partial charge in [0.15, 0.2) is 5.82 Å². The highest BCUT2D eigenvalue weighted by molar-refractivity contribution is 7.99. The molecule has 0 saturated carbocycles. The zero-order valence-electron chi connectivity index (χ0n) is 16.1. The number of methoxy groups -OCH3 is 1. The molecule has 0 aliphatic carbocycles. The number of aryl methyl sites for hydroxylation is 2. The van der Waals surface area contributed by atoms with E-state index in [1.165, 1.54) is 16.4 Å². The molecule has 8 heteroatoms. The first-order chi connectivity index (χ1) is 13.5. The average Bonchev–Trinajstić information content (AvgIpc) is 3.08. The summed E-state index contributed by atoms with van der Waals surface area (Å²) >= 11 is 1.24. The number of thioether (sulfide) groups is 1. The Bertz CT molecular complexity index is 986. The third-order valence-electron chi connectivity index (χ3n) is 4.33. The molecule has 0 saturated heterocycles. The number of benzene rings is 2. The second kappa shape index (κ2) is 8.79. The molecule has 0 bridgehead atoms. The van der Waals surface area contributed by atoms with Crippen LogP contribution in [0, 0.1) is 6.92 Å². The lowest BCUT2D eigenvalue weighted by Crippen LogP contribution is -2.17. The molecule has 0 aliphatic rings. The zero-order chi connectivity index (χ0) is 20.1. The lowest BCUT2D eigenvalue weighted by atomic mass is 10.1. The van der Waals surface area contributed by atoms with Crippen molar-refractivity contribution >= 4 is 23.4 Å². The first kappa shape index (κ1) is 19.8. The second-order valence-electron chi connectivity index (χ2n) is 6.21. The highest BCUT2D eigenvalue weighted by Crippen LogP contribution is 2.25. The van der Waals surface area contributed by atoms with Crippen LogP contribution in [0.5, 0.6) is 5.75 Å². The fourth-order valence-corrected chi connectivity index (χ4v) is 3.50. The Kier molecular flexibility index (Phi) is 6.20. The van der Waals surface area contributed by atoms with E-state index in [4.69, 9.17) is 10.6 Å². The van der Waals surface area contributed by atoms with E-state index >= 15 is 0 Å². The van der Waals surface area contributed by atoms with Crippen LogP contribution in [0.4, 0.5) is 5.69 Å². The third-order valence-corrected chi connectivity index (χ3v) is 5.27. The lowest BCUT2D eigenvalue weighted by Gasteiger charge is -2.12. The molecule has 3 rings (SSSR count). The third kappa shape index (κ3) is 4.28. The van der Waals surface area contributed by atoms with Gasteiger partial charge in [0.25, 0.3) is 0 Å². The van der Waals surface area contributed by atoms with Gasteiger partial charge >= 0.3 is 0 Å². The predicted octanol–water partition coefficient (Wildman–Crippen LogP) is 3.27. The molecule has 28 heavy (non-hydrogen) atoms. The molecule has 3 aromatic rings. The van der Waals surface area contributed by atoms with Gasteiger partial charge in [0, 0.05) is 11.3 Å². The second-order valence-corrected chi connectivity index (χ2v) is 7.15. The summed E-state index contributed by atoms with van der Waals surface area (Å²) in [7, 11) is 1.60. The number of hydrogen-bond acceptors (Lipinski definition) is 6. The number of hydrogen-bond donors (Lipinski definition) is 2. The Balaban J connectivity index is 1.69. The van der Waals surface area contributed by atoms with Crippen molar-refractivity contribution in [1.29, 1.82) is 0 Å². The van der Waals surface area contributed by atoms with Crippen LogP contribution < -0.4 is 15.9 Å². The van der Waals surface area contributed by atoms with E-state index in [2.05, 4.69) is 22.4 Å². The van der Waals surface area contributed by atoms with Crippen LogP contribution in [-0.2, 0) is 11.2 Å². The van der Waals surface area contributed by atoms with E-state index < -0.39 is 0 Å². The molecule has 0 aliphatic heterocycles. The molecule has 0 unspecified atom stereocenters. The minimum Gasteiger partial charge on any atom is -0.497 e. The van der Waals surface area contributed by atoms with Crippen molar-refractivity contribution in [3.63, 3.8) is 0 Å². The van der Waals surface area contributed by atoms with E-state index in [9.17, 15) is 4.79 Å². The van der Waals surface area contributed by atoms with Crippen molar-refractivity contribution in [1.82, 2.24) is 14.9 Å². The van der Waals surface area contributed by atoms with Crippen molar-refractivity contribution in [3.8, 4) is 17.1 Å². The minimum absolute atomic E-state index is 0.111. The maximum absolute atomic E-state index is 12.4. The molecule has 1 amide bonds. The number of carbonyl (C=O) groups is 1. The van der Waals surface area contributed by atoms with Gasteiger partial charge in [-0.1, -0.05) is 49.0 Å². The van der Waals surface area contributed by atoms with Crippen molar-refractivity contribution in [3.05, 3.63) is 53.6 Å². The fourth-order valence-electron chi connectivity index (χ4n) is 2.84. The monoisotopic (exact) mass is 397 g/mol. The first-order valence-electron chi connectivity index (χ1n) is 8.89. The molecule has 0 atom stereocenters. The van der Waals surface area contributed by atoms with E-state index in [0.29, 0.717) is 16.7 Å². The highest BCUT2D eigenvalue weighted by Gasteiger charge is 2.15. The SMILES string of the molecule is CCc1cccc(C)c1NC(=O)CSc1nnc(-c2cccc(OC)c2)n1N. The molecule has 1 heterocycles. The number of rotatable bonds is 7. The predicted molar refractivity (Wildman–Crippen MR) is 112 cm³/mol. The Morgan fingerprint density at radius 3 is 2.79 bits per heavy atom. The molecule has 7 nitrogen and oxygen atoms in total. The fraction of sp³-hybridized carbons (Fsp3) is 0.250. The number of nitrogens with one attached hydrogen (secondary N) is 1. The number of nitrogens with zero attached hydrogens (tertiary/aromatic N) is 3. The van der Waals surface area contributed by atoms with Crippen molar-refractivity contribution in [2.45, 2.75) is 25.4 Å². The van der Waals surface area contributed by atoms with Gasteiger partial charge in [-0.25, -0.2) is 4.68 Å². The van der Waals surface area contributed by atoms with Crippen LogP contribution in [0.25, 0.3) is 11.4 Å². The summed E-state index contributed by atoms with van der Waals surface area (Å²) in [4.78, 5) is 12.4. The van der Waals surface area contributed by atoms with Crippen LogP contribution in [0.2, 0.25) is 0 Å². The number of nitrogen functional groups attached to an aromatic ring is 1. The number of aromatic nitrogens is 3. The van der Waals surface area contributed by atoms with Crippen LogP contribution >= 0.6 is 11.8 Å². The van der Waals surface area contributed by atoms with Gasteiger partial charge in [-0.3, -0.25) is 4.79 Å². The molecule has 3 N–H and O–H groups in total. The topological polar surface area (TPSA) is 95.1 Å². The van der Waals surface area contributed by atoms with E-state index in [1.54, 1.807) is 7.11 Å². The summed E-state index contributed by atoms with van der Waals surface area (Å²) < 4.78 is 6.62. The summed E-state index contributed by atoms with van der Waals surface area (Å²) in [5.74, 6) is 7.42. The maximum atomic E-state index is 12.4. The molecular weight excluding hydrogens is 374 g/mol. The Morgan fingerprint density at radius 1 is 1.25 bits per heavy atom. The highest BCUT2D eigenvalue weighted by atomic mass is 32.2. The van der Waals surface area contributed by atoms with Gasteiger partial charge < -0.3 is 15.9 Å². The minimum atomic E-state index is -0.111. The Morgan fingerprint density at radius 2 is 2.04 bits per heavy atom. The van der Waals surface area contributed by atoms with E-state index in [1.807, 2.05) is 49.4 Å². The van der Waals surface area contributed by atoms with Crippen molar-refractivity contribution in [2.24, 2.45) is 0 Å².